The normalized spacial score (nSPS) is 13.0. The summed E-state index contributed by atoms with van der Waals surface area (Å²) in [6.45, 7) is 6.00. The molecule has 1 aromatic heterocycles. The molecule has 0 aliphatic carbocycles. The molecule has 8 heteroatoms. The predicted octanol–water partition coefficient (Wildman–Crippen LogP) is 2.89. The molecule has 0 radical (unpaired) electrons. The van der Waals surface area contributed by atoms with E-state index in [1.807, 2.05) is 56.7 Å². The van der Waals surface area contributed by atoms with Gasteiger partial charge in [-0.1, -0.05) is 43.7 Å². The van der Waals surface area contributed by atoms with Crippen molar-refractivity contribution in [1.29, 1.82) is 0 Å². The molecule has 0 saturated carbocycles. The second-order valence-corrected chi connectivity index (χ2v) is 9.62. The molecule has 2 N–H and O–H groups in total. The highest BCUT2D eigenvalue weighted by molar-refractivity contribution is 7.89. The molecule has 0 saturated heterocycles. The number of nitrogens with zero attached hydrogens (tertiary/aromatic N) is 2. The number of carbonyl (C=O) groups excluding carboxylic acids is 1. The van der Waals surface area contributed by atoms with Crippen molar-refractivity contribution in [3.05, 3.63) is 59.9 Å². The van der Waals surface area contributed by atoms with Gasteiger partial charge < -0.3 is 9.88 Å². The van der Waals surface area contributed by atoms with Crippen LogP contribution in [0.2, 0.25) is 0 Å². The molecule has 1 atom stereocenters. The number of fused-ring (bicyclic) bond motifs is 1. The first-order valence-corrected chi connectivity index (χ1v) is 11.4. The lowest BCUT2D eigenvalue weighted by molar-refractivity contribution is -0.123. The van der Waals surface area contributed by atoms with E-state index >= 15 is 0 Å². The minimum atomic E-state index is -3.81. The topological polar surface area (TPSA) is 93.1 Å². The molecule has 0 fully saturated rings. The third-order valence-corrected chi connectivity index (χ3v) is 6.44. The summed E-state index contributed by atoms with van der Waals surface area (Å²) in [5.41, 5.74) is 2.79. The van der Waals surface area contributed by atoms with Crippen LogP contribution in [0.4, 0.5) is 0 Å². The highest BCUT2D eigenvalue weighted by Gasteiger charge is 2.26. The molecule has 1 amide bonds. The van der Waals surface area contributed by atoms with Crippen LogP contribution in [0, 0.1) is 12.8 Å². The van der Waals surface area contributed by atoms with Crippen LogP contribution in [0.3, 0.4) is 0 Å². The third kappa shape index (κ3) is 5.06. The number of hydrogen-bond donors (Lipinski definition) is 2. The zero-order valence-electron chi connectivity index (χ0n) is 17.7. The van der Waals surface area contributed by atoms with Crippen molar-refractivity contribution in [2.75, 3.05) is 0 Å². The zero-order chi connectivity index (χ0) is 21.9. The van der Waals surface area contributed by atoms with Crippen LogP contribution in [0.15, 0.2) is 53.4 Å². The van der Waals surface area contributed by atoms with E-state index in [1.165, 1.54) is 0 Å². The molecule has 0 aliphatic heterocycles. The molecule has 2 aromatic carbocycles. The Labute approximate surface area is 177 Å². The van der Waals surface area contributed by atoms with E-state index in [-0.39, 0.29) is 23.3 Å². The van der Waals surface area contributed by atoms with Crippen molar-refractivity contribution in [3.63, 3.8) is 0 Å². The van der Waals surface area contributed by atoms with Gasteiger partial charge in [0.1, 0.15) is 11.9 Å². The molecule has 0 spiro atoms. The SMILES string of the molecule is Cc1ccc(S(=O)(=O)NC(CC(C)C)C(=O)NCc2nc3ccccc3n2C)cc1. The Bertz CT molecular complexity index is 1130. The van der Waals surface area contributed by atoms with E-state index in [1.54, 1.807) is 24.3 Å². The minimum Gasteiger partial charge on any atom is -0.347 e. The molecule has 7 nitrogen and oxygen atoms in total. The number of aryl methyl sites for hydroxylation is 2. The fraction of sp³-hybridized carbons (Fsp3) is 0.364. The maximum absolute atomic E-state index is 12.9. The first-order chi connectivity index (χ1) is 14.2. The summed E-state index contributed by atoms with van der Waals surface area (Å²) in [5, 5.41) is 2.84. The van der Waals surface area contributed by atoms with Crippen LogP contribution in [0.5, 0.6) is 0 Å². The first-order valence-electron chi connectivity index (χ1n) is 9.94. The monoisotopic (exact) mass is 428 g/mol. The third-order valence-electron chi connectivity index (χ3n) is 4.95. The highest BCUT2D eigenvalue weighted by Crippen LogP contribution is 2.15. The number of hydrogen-bond acceptors (Lipinski definition) is 4. The van der Waals surface area contributed by atoms with Crippen molar-refractivity contribution in [2.24, 2.45) is 13.0 Å². The molecule has 30 heavy (non-hydrogen) atoms. The summed E-state index contributed by atoms with van der Waals surface area (Å²) in [5.74, 6) is 0.470. The number of sulfonamides is 1. The molecule has 3 aromatic rings. The Balaban J connectivity index is 1.74. The second kappa shape index (κ2) is 8.97. The second-order valence-electron chi connectivity index (χ2n) is 7.91. The maximum Gasteiger partial charge on any atom is 0.241 e. The van der Waals surface area contributed by atoms with Crippen LogP contribution in [0.25, 0.3) is 11.0 Å². The molecular weight excluding hydrogens is 400 g/mol. The lowest BCUT2D eigenvalue weighted by Gasteiger charge is -2.20. The summed E-state index contributed by atoms with van der Waals surface area (Å²) in [6, 6.07) is 13.4. The Morgan fingerprint density at radius 3 is 2.40 bits per heavy atom. The van der Waals surface area contributed by atoms with Gasteiger partial charge in [0.05, 0.1) is 22.5 Å². The average molecular weight is 429 g/mol. The molecular formula is C22H28N4O3S. The molecule has 0 aliphatic rings. The number of rotatable bonds is 8. The number of imidazole rings is 1. The molecule has 160 valence electrons. The van der Waals surface area contributed by atoms with E-state index in [9.17, 15) is 13.2 Å². The van der Waals surface area contributed by atoms with E-state index in [2.05, 4.69) is 15.0 Å². The minimum absolute atomic E-state index is 0.136. The van der Waals surface area contributed by atoms with E-state index in [0.29, 0.717) is 12.2 Å². The van der Waals surface area contributed by atoms with Crippen molar-refractivity contribution < 1.29 is 13.2 Å². The summed E-state index contributed by atoms with van der Waals surface area (Å²) >= 11 is 0. The maximum atomic E-state index is 12.9. The van der Waals surface area contributed by atoms with Crippen LogP contribution in [-0.2, 0) is 28.4 Å². The smallest absolute Gasteiger partial charge is 0.241 e. The van der Waals surface area contributed by atoms with Gasteiger partial charge in [-0.05, 0) is 43.5 Å². The van der Waals surface area contributed by atoms with Gasteiger partial charge in [0.25, 0.3) is 0 Å². The summed E-state index contributed by atoms with van der Waals surface area (Å²) in [7, 11) is -1.92. The van der Waals surface area contributed by atoms with Crippen LogP contribution >= 0.6 is 0 Å². The molecule has 3 rings (SSSR count). The zero-order valence-corrected chi connectivity index (χ0v) is 18.5. The van der Waals surface area contributed by atoms with Crippen LogP contribution in [-0.4, -0.2) is 29.9 Å². The predicted molar refractivity (Wildman–Crippen MR) is 117 cm³/mol. The number of aromatic nitrogens is 2. The number of amides is 1. The summed E-state index contributed by atoms with van der Waals surface area (Å²) in [6.07, 6.45) is 0.388. The molecule has 1 heterocycles. The van der Waals surface area contributed by atoms with E-state index in [4.69, 9.17) is 0 Å². The van der Waals surface area contributed by atoms with Crippen molar-refractivity contribution >= 4 is 27.0 Å². The molecule has 0 bridgehead atoms. The first kappa shape index (κ1) is 22.0. The van der Waals surface area contributed by atoms with E-state index < -0.39 is 16.1 Å². The Morgan fingerprint density at radius 1 is 1.10 bits per heavy atom. The van der Waals surface area contributed by atoms with Gasteiger partial charge in [-0.3, -0.25) is 4.79 Å². The number of benzene rings is 2. The van der Waals surface area contributed by atoms with Gasteiger partial charge in [0, 0.05) is 7.05 Å². The fourth-order valence-electron chi connectivity index (χ4n) is 3.30. The van der Waals surface area contributed by atoms with Crippen molar-refractivity contribution in [3.8, 4) is 0 Å². The van der Waals surface area contributed by atoms with Gasteiger partial charge >= 0.3 is 0 Å². The van der Waals surface area contributed by atoms with Crippen molar-refractivity contribution in [1.82, 2.24) is 19.6 Å². The lowest BCUT2D eigenvalue weighted by Crippen LogP contribution is -2.47. The highest BCUT2D eigenvalue weighted by atomic mass is 32.2. The van der Waals surface area contributed by atoms with Crippen LogP contribution < -0.4 is 10.0 Å². The lowest BCUT2D eigenvalue weighted by atomic mass is 10.0. The fourth-order valence-corrected chi connectivity index (χ4v) is 4.50. The Hall–Kier alpha value is -2.71. The Morgan fingerprint density at radius 2 is 1.77 bits per heavy atom. The standard InChI is InChI=1S/C22H28N4O3S/c1-15(2)13-19(25-30(28,29)17-11-9-16(3)10-12-17)22(27)23-14-21-24-18-7-5-6-8-20(18)26(21)4/h5-12,15,19,25H,13-14H2,1-4H3,(H,23,27). The number of carbonyl (C=O) groups is 1. The van der Waals surface area contributed by atoms with E-state index in [0.717, 1.165) is 16.6 Å². The van der Waals surface area contributed by atoms with Crippen LogP contribution in [0.1, 0.15) is 31.7 Å². The number of nitrogens with one attached hydrogen (secondary N) is 2. The Kier molecular flexibility index (Phi) is 6.58. The van der Waals surface area contributed by atoms with Crippen molar-refractivity contribution in [2.45, 2.75) is 44.7 Å². The summed E-state index contributed by atoms with van der Waals surface area (Å²) < 4.78 is 30.0. The van der Waals surface area contributed by atoms with Gasteiger partial charge in [0.2, 0.25) is 15.9 Å². The van der Waals surface area contributed by atoms with Gasteiger partial charge in [0.15, 0.2) is 0 Å². The number of para-hydroxylation sites is 2. The average Bonchev–Trinajstić information content (AvgIpc) is 3.01. The van der Waals surface area contributed by atoms with Gasteiger partial charge in [-0.15, -0.1) is 0 Å². The summed E-state index contributed by atoms with van der Waals surface area (Å²) in [4.78, 5) is 17.6. The largest absolute Gasteiger partial charge is 0.347 e. The molecule has 1 unspecified atom stereocenters. The van der Waals surface area contributed by atoms with Gasteiger partial charge in [-0.25, -0.2) is 13.4 Å². The van der Waals surface area contributed by atoms with Gasteiger partial charge in [-0.2, -0.15) is 4.72 Å². The quantitative estimate of drug-likeness (QED) is 0.577.